The van der Waals surface area contributed by atoms with Crippen molar-refractivity contribution in [1.29, 1.82) is 0 Å². The van der Waals surface area contributed by atoms with Gasteiger partial charge in [-0.15, -0.1) is 0 Å². The fraction of sp³-hybridized carbons (Fsp3) is 0.412. The third-order valence-electron chi connectivity index (χ3n) is 3.90. The molecule has 4 nitrogen and oxygen atoms in total. The largest absolute Gasteiger partial charge is 0.496 e. The number of rotatable bonds is 5. The predicted octanol–water partition coefficient (Wildman–Crippen LogP) is 3.15. The number of para-hydroxylation sites is 1. The van der Waals surface area contributed by atoms with Crippen molar-refractivity contribution in [3.8, 4) is 5.75 Å². The number of nitrogens with one attached hydrogen (secondary N) is 1. The molecule has 4 heteroatoms. The summed E-state index contributed by atoms with van der Waals surface area (Å²) in [6.45, 7) is 1.63. The molecule has 0 aliphatic carbocycles. The van der Waals surface area contributed by atoms with E-state index in [4.69, 9.17) is 13.9 Å². The molecule has 1 aliphatic heterocycles. The lowest BCUT2D eigenvalue weighted by Crippen LogP contribution is -2.37. The van der Waals surface area contributed by atoms with Crippen LogP contribution in [-0.4, -0.2) is 26.4 Å². The molecule has 112 valence electrons. The van der Waals surface area contributed by atoms with Gasteiger partial charge >= 0.3 is 0 Å². The van der Waals surface area contributed by atoms with Crippen LogP contribution in [0.2, 0.25) is 0 Å². The van der Waals surface area contributed by atoms with E-state index < -0.39 is 0 Å². The number of furan rings is 1. The van der Waals surface area contributed by atoms with Crippen molar-refractivity contribution >= 4 is 0 Å². The average molecular weight is 287 g/mol. The molecule has 1 aliphatic rings. The average Bonchev–Trinajstić information content (AvgIpc) is 3.08. The van der Waals surface area contributed by atoms with E-state index in [1.54, 1.807) is 13.4 Å². The Hall–Kier alpha value is -1.78. The molecule has 2 heterocycles. The van der Waals surface area contributed by atoms with Crippen molar-refractivity contribution in [3.63, 3.8) is 0 Å². The first-order valence-electron chi connectivity index (χ1n) is 7.38. The molecule has 0 saturated carbocycles. The fourth-order valence-electron chi connectivity index (χ4n) is 2.79. The van der Waals surface area contributed by atoms with E-state index in [1.807, 2.05) is 30.3 Å². The third-order valence-corrected chi connectivity index (χ3v) is 3.90. The zero-order chi connectivity index (χ0) is 14.5. The van der Waals surface area contributed by atoms with Crippen molar-refractivity contribution in [2.45, 2.75) is 24.9 Å². The van der Waals surface area contributed by atoms with E-state index in [1.165, 1.54) is 0 Å². The maximum absolute atomic E-state index is 5.64. The van der Waals surface area contributed by atoms with Gasteiger partial charge in [0.15, 0.2) is 0 Å². The molecule has 1 unspecified atom stereocenters. The van der Waals surface area contributed by atoms with E-state index in [9.17, 15) is 0 Å². The van der Waals surface area contributed by atoms with E-state index >= 15 is 0 Å². The highest BCUT2D eigenvalue weighted by Gasteiger charge is 2.24. The van der Waals surface area contributed by atoms with E-state index in [2.05, 4.69) is 11.4 Å². The predicted molar refractivity (Wildman–Crippen MR) is 80.5 cm³/mol. The summed E-state index contributed by atoms with van der Waals surface area (Å²) in [6.07, 6.45) is 3.75. The first-order chi connectivity index (χ1) is 10.4. The van der Waals surface area contributed by atoms with Crippen LogP contribution >= 0.6 is 0 Å². The van der Waals surface area contributed by atoms with Crippen molar-refractivity contribution in [2.24, 2.45) is 0 Å². The zero-order valence-electron chi connectivity index (χ0n) is 12.2. The molecular weight excluding hydrogens is 266 g/mol. The second-order valence-electron chi connectivity index (χ2n) is 5.24. The highest BCUT2D eigenvalue weighted by atomic mass is 16.5. The van der Waals surface area contributed by atoms with E-state index in [-0.39, 0.29) is 6.04 Å². The molecule has 1 fully saturated rings. The Balaban J connectivity index is 1.88. The van der Waals surface area contributed by atoms with Gasteiger partial charge < -0.3 is 19.2 Å². The lowest BCUT2D eigenvalue weighted by Gasteiger charge is -2.28. The van der Waals surface area contributed by atoms with Crippen LogP contribution in [0.5, 0.6) is 5.75 Å². The van der Waals surface area contributed by atoms with Gasteiger partial charge in [0.1, 0.15) is 11.5 Å². The monoisotopic (exact) mass is 287 g/mol. The summed E-state index contributed by atoms with van der Waals surface area (Å²) in [5.41, 5.74) is 1.10. The van der Waals surface area contributed by atoms with Crippen LogP contribution in [-0.2, 0) is 4.74 Å². The molecule has 1 atom stereocenters. The topological polar surface area (TPSA) is 43.6 Å². The van der Waals surface area contributed by atoms with E-state index in [0.717, 1.165) is 43.1 Å². The van der Waals surface area contributed by atoms with E-state index in [0.29, 0.717) is 6.04 Å². The molecule has 0 radical (unpaired) electrons. The van der Waals surface area contributed by atoms with Crippen LogP contribution < -0.4 is 10.1 Å². The highest BCUT2D eigenvalue weighted by Crippen LogP contribution is 2.31. The molecule has 0 spiro atoms. The van der Waals surface area contributed by atoms with Crippen LogP contribution in [0.15, 0.2) is 47.1 Å². The van der Waals surface area contributed by atoms with Crippen LogP contribution in [0.3, 0.4) is 0 Å². The summed E-state index contributed by atoms with van der Waals surface area (Å²) < 4.78 is 16.6. The summed E-state index contributed by atoms with van der Waals surface area (Å²) in [4.78, 5) is 0. The number of hydrogen-bond acceptors (Lipinski definition) is 4. The smallest absolute Gasteiger partial charge is 0.125 e. The normalized spacial score (nSPS) is 17.6. The number of hydrogen-bond donors (Lipinski definition) is 1. The minimum atomic E-state index is -0.000694. The Bertz CT molecular complexity index is 547. The van der Waals surface area contributed by atoms with Crippen molar-refractivity contribution in [3.05, 3.63) is 54.0 Å². The molecule has 0 bridgehead atoms. The molecule has 1 aromatic carbocycles. The maximum atomic E-state index is 5.64. The fourth-order valence-corrected chi connectivity index (χ4v) is 2.79. The Kier molecular flexibility index (Phi) is 4.58. The summed E-state index contributed by atoms with van der Waals surface area (Å²) in [7, 11) is 1.70. The summed E-state index contributed by atoms with van der Waals surface area (Å²) in [5, 5.41) is 3.70. The quantitative estimate of drug-likeness (QED) is 0.917. The molecule has 2 aromatic rings. The van der Waals surface area contributed by atoms with Gasteiger partial charge in [-0.3, -0.25) is 0 Å². The van der Waals surface area contributed by atoms with Gasteiger partial charge in [-0.1, -0.05) is 18.2 Å². The minimum Gasteiger partial charge on any atom is -0.496 e. The van der Waals surface area contributed by atoms with Crippen LogP contribution in [0, 0.1) is 0 Å². The lowest BCUT2D eigenvalue weighted by atomic mass is 10.00. The van der Waals surface area contributed by atoms with Crippen molar-refractivity contribution in [1.82, 2.24) is 5.32 Å². The van der Waals surface area contributed by atoms with Crippen molar-refractivity contribution in [2.75, 3.05) is 20.3 Å². The van der Waals surface area contributed by atoms with Crippen LogP contribution in [0.4, 0.5) is 0 Å². The Morgan fingerprint density at radius 3 is 2.67 bits per heavy atom. The molecule has 21 heavy (non-hydrogen) atoms. The Morgan fingerprint density at radius 1 is 1.14 bits per heavy atom. The lowest BCUT2D eigenvalue weighted by molar-refractivity contribution is 0.0753. The second kappa shape index (κ2) is 6.78. The standard InChI is InChI=1S/C17H21NO3/c1-19-15-6-3-2-5-14(15)17(16-7-4-10-21-16)18-13-8-11-20-12-9-13/h2-7,10,13,17-18H,8-9,11-12H2,1H3. The van der Waals surface area contributed by atoms with Gasteiger partial charge in [0.05, 0.1) is 19.4 Å². The highest BCUT2D eigenvalue weighted by molar-refractivity contribution is 5.39. The summed E-state index contributed by atoms with van der Waals surface area (Å²) >= 11 is 0. The van der Waals surface area contributed by atoms with Gasteiger partial charge in [0, 0.05) is 24.8 Å². The molecule has 1 saturated heterocycles. The summed E-state index contributed by atoms with van der Waals surface area (Å²) in [6, 6.07) is 12.4. The molecule has 1 N–H and O–H groups in total. The second-order valence-corrected chi connectivity index (χ2v) is 5.24. The maximum Gasteiger partial charge on any atom is 0.125 e. The van der Waals surface area contributed by atoms with Crippen molar-refractivity contribution < 1.29 is 13.9 Å². The minimum absolute atomic E-state index is 0.000694. The SMILES string of the molecule is COc1ccccc1C(NC1CCOCC1)c1ccco1. The molecule has 0 amide bonds. The van der Waals surface area contributed by atoms with Gasteiger partial charge in [0.25, 0.3) is 0 Å². The summed E-state index contributed by atoms with van der Waals surface area (Å²) in [5.74, 6) is 1.78. The number of methoxy groups -OCH3 is 1. The number of benzene rings is 1. The Labute approximate surface area is 125 Å². The molecular formula is C17H21NO3. The third kappa shape index (κ3) is 3.28. The van der Waals surface area contributed by atoms with Gasteiger partial charge in [0.2, 0.25) is 0 Å². The van der Waals surface area contributed by atoms with Gasteiger partial charge in [-0.2, -0.15) is 0 Å². The number of ether oxygens (including phenoxy) is 2. The van der Waals surface area contributed by atoms with Crippen LogP contribution in [0.1, 0.15) is 30.2 Å². The first-order valence-corrected chi connectivity index (χ1v) is 7.38. The molecule has 1 aromatic heterocycles. The first kappa shape index (κ1) is 14.2. The molecule has 3 rings (SSSR count). The van der Waals surface area contributed by atoms with Crippen LogP contribution in [0.25, 0.3) is 0 Å². The zero-order valence-corrected chi connectivity index (χ0v) is 12.2. The van der Waals surface area contributed by atoms with Gasteiger partial charge in [-0.25, -0.2) is 0 Å². The Morgan fingerprint density at radius 2 is 1.95 bits per heavy atom. The van der Waals surface area contributed by atoms with Gasteiger partial charge in [-0.05, 0) is 31.0 Å².